The SMILES string of the molecule is O=C1OCC2C[C@@]3(c4ccccc4)O[C@H]3C=C12. The maximum atomic E-state index is 11.5. The van der Waals surface area contributed by atoms with Crippen LogP contribution < -0.4 is 0 Å². The number of benzene rings is 1. The summed E-state index contributed by atoms with van der Waals surface area (Å²) < 4.78 is 10.9. The molecule has 0 N–H and O–H groups in total. The second kappa shape index (κ2) is 2.99. The molecule has 1 aromatic rings. The number of hydrogen-bond acceptors (Lipinski definition) is 3. The molecule has 3 aliphatic rings. The van der Waals surface area contributed by atoms with Crippen LogP contribution in [0.1, 0.15) is 12.0 Å². The van der Waals surface area contributed by atoms with Gasteiger partial charge in [0.25, 0.3) is 0 Å². The van der Waals surface area contributed by atoms with Crippen molar-refractivity contribution >= 4 is 5.97 Å². The van der Waals surface area contributed by atoms with Crippen molar-refractivity contribution in [2.24, 2.45) is 5.92 Å². The molecule has 1 aromatic carbocycles. The minimum absolute atomic E-state index is 0.0572. The van der Waals surface area contributed by atoms with Gasteiger partial charge in [0.05, 0.1) is 6.61 Å². The number of carbonyl (C=O) groups is 1. The van der Waals surface area contributed by atoms with Gasteiger partial charge in [0, 0.05) is 11.5 Å². The molecule has 2 heterocycles. The van der Waals surface area contributed by atoms with Gasteiger partial charge in [-0.15, -0.1) is 0 Å². The maximum Gasteiger partial charge on any atom is 0.334 e. The lowest BCUT2D eigenvalue weighted by Gasteiger charge is -2.20. The topological polar surface area (TPSA) is 38.8 Å². The summed E-state index contributed by atoms with van der Waals surface area (Å²) >= 11 is 0. The van der Waals surface area contributed by atoms with Crippen LogP contribution in [0.5, 0.6) is 0 Å². The van der Waals surface area contributed by atoms with Crippen LogP contribution in [0.15, 0.2) is 42.0 Å². The third-order valence-electron chi connectivity index (χ3n) is 3.97. The van der Waals surface area contributed by atoms with Crippen molar-refractivity contribution in [3.8, 4) is 0 Å². The summed E-state index contributed by atoms with van der Waals surface area (Å²) in [4.78, 5) is 11.5. The smallest absolute Gasteiger partial charge is 0.334 e. The predicted molar refractivity (Wildman–Crippen MR) is 60.1 cm³/mol. The van der Waals surface area contributed by atoms with Crippen molar-refractivity contribution in [1.29, 1.82) is 0 Å². The van der Waals surface area contributed by atoms with Gasteiger partial charge in [-0.25, -0.2) is 4.79 Å². The highest BCUT2D eigenvalue weighted by molar-refractivity contribution is 5.91. The number of hydrogen-bond donors (Lipinski definition) is 0. The van der Waals surface area contributed by atoms with E-state index in [0.29, 0.717) is 6.61 Å². The molecular formula is C14H12O3. The molecule has 3 heteroatoms. The van der Waals surface area contributed by atoms with Crippen molar-refractivity contribution in [3.05, 3.63) is 47.5 Å². The number of ether oxygens (including phenoxy) is 2. The molecule has 3 atom stereocenters. The Labute approximate surface area is 99.0 Å². The first-order valence-electron chi connectivity index (χ1n) is 5.92. The molecular weight excluding hydrogens is 216 g/mol. The molecule has 0 radical (unpaired) electrons. The van der Waals surface area contributed by atoms with E-state index < -0.39 is 0 Å². The summed E-state index contributed by atoms with van der Waals surface area (Å²) in [6.45, 7) is 0.509. The molecule has 3 nitrogen and oxygen atoms in total. The van der Waals surface area contributed by atoms with Gasteiger partial charge >= 0.3 is 5.97 Å². The molecule has 0 saturated carbocycles. The third kappa shape index (κ3) is 1.17. The van der Waals surface area contributed by atoms with Crippen molar-refractivity contribution in [1.82, 2.24) is 0 Å². The van der Waals surface area contributed by atoms with Crippen LogP contribution in [-0.4, -0.2) is 18.7 Å². The maximum absolute atomic E-state index is 11.5. The van der Waals surface area contributed by atoms with E-state index in [0.717, 1.165) is 12.0 Å². The first-order chi connectivity index (χ1) is 8.29. The van der Waals surface area contributed by atoms with Crippen molar-refractivity contribution < 1.29 is 14.3 Å². The number of cyclic esters (lactones) is 1. The van der Waals surface area contributed by atoms with Crippen LogP contribution in [-0.2, 0) is 19.9 Å². The Balaban J connectivity index is 1.74. The van der Waals surface area contributed by atoms with Gasteiger partial charge in [0.2, 0.25) is 0 Å². The highest BCUT2D eigenvalue weighted by atomic mass is 16.6. The van der Waals surface area contributed by atoms with Gasteiger partial charge in [-0.3, -0.25) is 0 Å². The number of esters is 1. The van der Waals surface area contributed by atoms with Gasteiger partial charge in [0.1, 0.15) is 11.7 Å². The number of fused-ring (bicyclic) bond motifs is 2. The Morgan fingerprint density at radius 1 is 1.24 bits per heavy atom. The molecule has 17 heavy (non-hydrogen) atoms. The van der Waals surface area contributed by atoms with Crippen LogP contribution in [0, 0.1) is 5.92 Å². The van der Waals surface area contributed by atoms with E-state index in [-0.39, 0.29) is 23.6 Å². The zero-order valence-electron chi connectivity index (χ0n) is 9.26. The lowest BCUT2D eigenvalue weighted by atomic mass is 9.79. The zero-order valence-corrected chi connectivity index (χ0v) is 9.26. The van der Waals surface area contributed by atoms with Crippen molar-refractivity contribution in [2.45, 2.75) is 18.1 Å². The summed E-state index contributed by atoms with van der Waals surface area (Å²) in [7, 11) is 0. The van der Waals surface area contributed by atoms with E-state index >= 15 is 0 Å². The Kier molecular flexibility index (Phi) is 1.66. The quantitative estimate of drug-likeness (QED) is 0.543. The van der Waals surface area contributed by atoms with Gasteiger partial charge in [-0.1, -0.05) is 30.3 Å². The van der Waals surface area contributed by atoms with E-state index in [1.807, 2.05) is 24.3 Å². The molecule has 0 amide bonds. The van der Waals surface area contributed by atoms with Gasteiger partial charge < -0.3 is 9.47 Å². The molecule has 1 unspecified atom stereocenters. The van der Waals surface area contributed by atoms with Crippen LogP contribution in [0.2, 0.25) is 0 Å². The largest absolute Gasteiger partial charge is 0.462 e. The fraction of sp³-hybridized carbons (Fsp3) is 0.357. The first kappa shape index (κ1) is 9.42. The van der Waals surface area contributed by atoms with E-state index in [2.05, 4.69) is 12.1 Å². The van der Waals surface area contributed by atoms with Crippen LogP contribution in [0.25, 0.3) is 0 Å². The zero-order chi connectivity index (χ0) is 11.5. The van der Waals surface area contributed by atoms with Crippen LogP contribution in [0.4, 0.5) is 0 Å². The molecule has 2 aliphatic heterocycles. The molecule has 2 saturated heterocycles. The molecule has 4 rings (SSSR count). The predicted octanol–water partition coefficient (Wildman–Crippen LogP) is 1.78. The lowest BCUT2D eigenvalue weighted by Crippen LogP contribution is -2.23. The molecule has 0 bridgehead atoms. The standard InChI is InChI=1S/C14H12O3/c15-13-11-6-12-14(17-12,7-9(11)8-16-13)10-4-2-1-3-5-10/h1-6,9,12H,7-8H2/t9?,12-,14-/m0/s1. The van der Waals surface area contributed by atoms with Crippen LogP contribution in [0.3, 0.4) is 0 Å². The highest BCUT2D eigenvalue weighted by Crippen LogP contribution is 2.56. The number of rotatable bonds is 1. The molecule has 1 aliphatic carbocycles. The molecule has 0 spiro atoms. The lowest BCUT2D eigenvalue weighted by molar-refractivity contribution is -0.135. The summed E-state index contributed by atoms with van der Waals surface area (Å²) in [5, 5.41) is 0. The number of epoxide rings is 1. The Morgan fingerprint density at radius 3 is 2.88 bits per heavy atom. The average Bonchev–Trinajstić information content (AvgIpc) is 3.00. The van der Waals surface area contributed by atoms with E-state index in [1.54, 1.807) is 0 Å². The fourth-order valence-corrected chi connectivity index (χ4v) is 3.01. The first-order valence-corrected chi connectivity index (χ1v) is 5.92. The summed E-state index contributed by atoms with van der Waals surface area (Å²) in [5.41, 5.74) is 1.84. The van der Waals surface area contributed by atoms with Crippen molar-refractivity contribution in [2.75, 3.05) is 6.61 Å². The minimum atomic E-state index is -0.191. The van der Waals surface area contributed by atoms with E-state index in [1.165, 1.54) is 5.56 Å². The summed E-state index contributed by atoms with van der Waals surface area (Å²) in [5.74, 6) is 0.0496. The van der Waals surface area contributed by atoms with Gasteiger partial charge in [-0.2, -0.15) is 0 Å². The number of carbonyl (C=O) groups excluding carboxylic acids is 1. The molecule has 2 fully saturated rings. The fourth-order valence-electron chi connectivity index (χ4n) is 3.01. The Bertz CT molecular complexity index is 520. The average molecular weight is 228 g/mol. The van der Waals surface area contributed by atoms with Gasteiger partial charge in [0.15, 0.2) is 0 Å². The normalized spacial score (nSPS) is 37.9. The Morgan fingerprint density at radius 2 is 2.06 bits per heavy atom. The summed E-state index contributed by atoms with van der Waals surface area (Å²) in [6.07, 6.45) is 2.87. The van der Waals surface area contributed by atoms with Crippen LogP contribution >= 0.6 is 0 Å². The molecule has 86 valence electrons. The second-order valence-electron chi connectivity index (χ2n) is 4.92. The monoisotopic (exact) mass is 228 g/mol. The second-order valence-corrected chi connectivity index (χ2v) is 4.92. The third-order valence-corrected chi connectivity index (χ3v) is 3.97. The Hall–Kier alpha value is -1.61. The van der Waals surface area contributed by atoms with E-state index in [4.69, 9.17) is 9.47 Å². The molecule has 0 aromatic heterocycles. The van der Waals surface area contributed by atoms with Crippen molar-refractivity contribution in [3.63, 3.8) is 0 Å². The van der Waals surface area contributed by atoms with Gasteiger partial charge in [-0.05, 0) is 18.1 Å². The summed E-state index contributed by atoms with van der Waals surface area (Å²) in [6, 6.07) is 10.2. The highest BCUT2D eigenvalue weighted by Gasteiger charge is 2.61. The minimum Gasteiger partial charge on any atom is -0.462 e. The van der Waals surface area contributed by atoms with E-state index in [9.17, 15) is 4.79 Å².